The molecule has 0 aromatic rings. The standard InChI is InChI=1S/C13H25NO3/c1-5-16-10-11-7-6-8-14(9-11)12(15)17-13(2,3)4/h11H,5-10H2,1-4H3/t11-/m0/s1. The number of amides is 1. The maximum atomic E-state index is 11.9. The molecule has 0 spiro atoms. The van der Waals surface area contributed by atoms with Crippen molar-refractivity contribution in [2.75, 3.05) is 26.3 Å². The lowest BCUT2D eigenvalue weighted by Crippen LogP contribution is -2.43. The van der Waals surface area contributed by atoms with E-state index >= 15 is 0 Å². The van der Waals surface area contributed by atoms with Crippen LogP contribution in [0.4, 0.5) is 4.79 Å². The Morgan fingerprint density at radius 3 is 2.71 bits per heavy atom. The van der Waals surface area contributed by atoms with Gasteiger partial charge in [0.05, 0.1) is 6.61 Å². The van der Waals surface area contributed by atoms with Crippen molar-refractivity contribution in [2.45, 2.75) is 46.1 Å². The summed E-state index contributed by atoms with van der Waals surface area (Å²) in [6.45, 7) is 10.7. The minimum Gasteiger partial charge on any atom is -0.444 e. The van der Waals surface area contributed by atoms with Crippen LogP contribution in [-0.4, -0.2) is 42.9 Å². The fraction of sp³-hybridized carbons (Fsp3) is 0.923. The first-order chi connectivity index (χ1) is 7.92. The molecule has 0 unspecified atom stereocenters. The van der Waals surface area contributed by atoms with Crippen LogP contribution in [-0.2, 0) is 9.47 Å². The summed E-state index contributed by atoms with van der Waals surface area (Å²) < 4.78 is 10.8. The van der Waals surface area contributed by atoms with Gasteiger partial charge in [-0.25, -0.2) is 4.79 Å². The van der Waals surface area contributed by atoms with Gasteiger partial charge in [-0.15, -0.1) is 0 Å². The number of carbonyl (C=O) groups excluding carboxylic acids is 1. The Morgan fingerprint density at radius 2 is 2.12 bits per heavy atom. The molecule has 1 fully saturated rings. The molecule has 0 radical (unpaired) electrons. The molecule has 1 aliphatic heterocycles. The van der Waals surface area contributed by atoms with Gasteiger partial charge >= 0.3 is 6.09 Å². The number of carbonyl (C=O) groups is 1. The van der Waals surface area contributed by atoms with Gasteiger partial charge in [0.1, 0.15) is 5.60 Å². The van der Waals surface area contributed by atoms with Gasteiger partial charge in [-0.2, -0.15) is 0 Å². The zero-order valence-corrected chi connectivity index (χ0v) is 11.5. The first-order valence-corrected chi connectivity index (χ1v) is 6.48. The molecule has 1 saturated heterocycles. The number of hydrogen-bond donors (Lipinski definition) is 0. The van der Waals surface area contributed by atoms with Gasteiger partial charge in [-0.3, -0.25) is 0 Å². The van der Waals surface area contributed by atoms with Gasteiger partial charge in [-0.05, 0) is 40.5 Å². The topological polar surface area (TPSA) is 38.8 Å². The van der Waals surface area contributed by atoms with E-state index in [9.17, 15) is 4.79 Å². The highest BCUT2D eigenvalue weighted by molar-refractivity contribution is 5.68. The van der Waals surface area contributed by atoms with Crippen LogP contribution < -0.4 is 0 Å². The van der Waals surface area contributed by atoms with E-state index in [0.29, 0.717) is 5.92 Å². The van der Waals surface area contributed by atoms with Crippen LogP contribution >= 0.6 is 0 Å². The Kier molecular flexibility index (Phi) is 5.25. The molecule has 17 heavy (non-hydrogen) atoms. The molecule has 4 heteroatoms. The molecule has 0 aromatic heterocycles. The quantitative estimate of drug-likeness (QED) is 0.765. The summed E-state index contributed by atoms with van der Waals surface area (Å²) in [5.41, 5.74) is -0.413. The second kappa shape index (κ2) is 6.24. The smallest absolute Gasteiger partial charge is 0.410 e. The lowest BCUT2D eigenvalue weighted by molar-refractivity contribution is 0.00843. The normalized spacial score (nSPS) is 21.4. The average Bonchev–Trinajstić information content (AvgIpc) is 2.24. The average molecular weight is 243 g/mol. The summed E-state index contributed by atoms with van der Waals surface area (Å²) in [6, 6.07) is 0. The number of nitrogens with zero attached hydrogens (tertiary/aromatic N) is 1. The van der Waals surface area contributed by atoms with Crippen LogP contribution in [0.1, 0.15) is 40.5 Å². The fourth-order valence-electron chi connectivity index (χ4n) is 1.98. The fourth-order valence-corrected chi connectivity index (χ4v) is 1.98. The van der Waals surface area contributed by atoms with Crippen molar-refractivity contribution in [3.8, 4) is 0 Å². The highest BCUT2D eigenvalue weighted by atomic mass is 16.6. The summed E-state index contributed by atoms with van der Waals surface area (Å²) in [7, 11) is 0. The molecule has 1 amide bonds. The van der Waals surface area contributed by atoms with Gasteiger partial charge in [0.15, 0.2) is 0 Å². The highest BCUT2D eigenvalue weighted by Gasteiger charge is 2.27. The maximum absolute atomic E-state index is 11.9. The maximum Gasteiger partial charge on any atom is 0.410 e. The van der Waals surface area contributed by atoms with E-state index < -0.39 is 5.60 Å². The Labute approximate surface area is 104 Å². The zero-order valence-electron chi connectivity index (χ0n) is 11.5. The summed E-state index contributed by atoms with van der Waals surface area (Å²) >= 11 is 0. The molecule has 100 valence electrons. The molecule has 0 N–H and O–H groups in total. The van der Waals surface area contributed by atoms with E-state index in [0.717, 1.165) is 39.1 Å². The number of hydrogen-bond acceptors (Lipinski definition) is 3. The van der Waals surface area contributed by atoms with Crippen molar-refractivity contribution in [3.05, 3.63) is 0 Å². The number of ether oxygens (including phenoxy) is 2. The zero-order chi connectivity index (χ0) is 12.9. The van der Waals surface area contributed by atoms with E-state index in [1.54, 1.807) is 4.90 Å². The van der Waals surface area contributed by atoms with Crippen LogP contribution in [0.15, 0.2) is 0 Å². The van der Waals surface area contributed by atoms with Gasteiger partial charge in [0.25, 0.3) is 0 Å². The largest absolute Gasteiger partial charge is 0.444 e. The second-order valence-corrected chi connectivity index (χ2v) is 5.59. The molecule has 0 aliphatic carbocycles. The highest BCUT2D eigenvalue weighted by Crippen LogP contribution is 2.19. The first-order valence-electron chi connectivity index (χ1n) is 6.48. The van der Waals surface area contributed by atoms with Crippen LogP contribution in [0.25, 0.3) is 0 Å². The van der Waals surface area contributed by atoms with Gasteiger partial charge in [-0.1, -0.05) is 0 Å². The first kappa shape index (κ1) is 14.3. The third kappa shape index (κ3) is 5.39. The minimum atomic E-state index is -0.413. The molecule has 1 aliphatic rings. The third-order valence-corrected chi connectivity index (χ3v) is 2.73. The number of rotatable bonds is 3. The molecule has 0 bridgehead atoms. The Bertz CT molecular complexity index is 248. The van der Waals surface area contributed by atoms with Crippen LogP contribution in [0, 0.1) is 5.92 Å². The second-order valence-electron chi connectivity index (χ2n) is 5.59. The van der Waals surface area contributed by atoms with Crippen molar-refractivity contribution in [1.29, 1.82) is 0 Å². The molecule has 1 heterocycles. The SMILES string of the molecule is CCOC[C@H]1CCCN(C(=O)OC(C)(C)C)C1. The molecular formula is C13H25NO3. The summed E-state index contributed by atoms with van der Waals surface area (Å²) in [5, 5.41) is 0. The molecule has 1 atom stereocenters. The van der Waals surface area contributed by atoms with Crippen LogP contribution in [0.2, 0.25) is 0 Å². The molecule has 0 aromatic carbocycles. The molecule has 0 saturated carbocycles. The Morgan fingerprint density at radius 1 is 1.41 bits per heavy atom. The third-order valence-electron chi connectivity index (χ3n) is 2.73. The molecule has 1 rings (SSSR count). The van der Waals surface area contributed by atoms with Crippen LogP contribution in [0.3, 0.4) is 0 Å². The lowest BCUT2D eigenvalue weighted by Gasteiger charge is -2.33. The van der Waals surface area contributed by atoms with E-state index in [-0.39, 0.29) is 6.09 Å². The minimum absolute atomic E-state index is 0.196. The summed E-state index contributed by atoms with van der Waals surface area (Å²) in [5.74, 6) is 0.455. The van der Waals surface area contributed by atoms with E-state index in [2.05, 4.69) is 0 Å². The summed E-state index contributed by atoms with van der Waals surface area (Å²) in [4.78, 5) is 13.7. The van der Waals surface area contributed by atoms with E-state index in [1.165, 1.54) is 0 Å². The monoisotopic (exact) mass is 243 g/mol. The molecule has 4 nitrogen and oxygen atoms in total. The predicted molar refractivity (Wildman–Crippen MR) is 67.0 cm³/mol. The van der Waals surface area contributed by atoms with E-state index in [4.69, 9.17) is 9.47 Å². The van der Waals surface area contributed by atoms with Crippen molar-refractivity contribution in [3.63, 3.8) is 0 Å². The number of likely N-dealkylation sites (tertiary alicyclic amines) is 1. The number of piperidine rings is 1. The Balaban J connectivity index is 2.40. The van der Waals surface area contributed by atoms with Crippen molar-refractivity contribution in [1.82, 2.24) is 4.90 Å². The van der Waals surface area contributed by atoms with Gasteiger partial charge in [0, 0.05) is 25.6 Å². The predicted octanol–water partition coefficient (Wildman–Crippen LogP) is 2.67. The Hall–Kier alpha value is -0.770. The molecular weight excluding hydrogens is 218 g/mol. The van der Waals surface area contributed by atoms with Crippen molar-refractivity contribution < 1.29 is 14.3 Å². The van der Waals surface area contributed by atoms with Crippen LogP contribution in [0.5, 0.6) is 0 Å². The summed E-state index contributed by atoms with van der Waals surface area (Å²) in [6.07, 6.45) is 1.98. The lowest BCUT2D eigenvalue weighted by atomic mass is 9.99. The van der Waals surface area contributed by atoms with Gasteiger partial charge in [0.2, 0.25) is 0 Å². The van der Waals surface area contributed by atoms with Crippen molar-refractivity contribution in [2.24, 2.45) is 5.92 Å². The van der Waals surface area contributed by atoms with Crippen molar-refractivity contribution >= 4 is 6.09 Å². The van der Waals surface area contributed by atoms with E-state index in [1.807, 2.05) is 27.7 Å². The van der Waals surface area contributed by atoms with Gasteiger partial charge < -0.3 is 14.4 Å².